The topological polar surface area (TPSA) is 64.1 Å². The number of hydrogen-bond acceptors (Lipinski definition) is 6. The van der Waals surface area contributed by atoms with Crippen molar-refractivity contribution in [2.45, 2.75) is 32.2 Å². The Morgan fingerprint density at radius 1 is 1.50 bits per heavy atom. The van der Waals surface area contributed by atoms with Gasteiger partial charge in [-0.3, -0.25) is 4.79 Å². The minimum Gasteiger partial charge on any atom is -0.465 e. The van der Waals surface area contributed by atoms with Crippen molar-refractivity contribution in [1.82, 2.24) is 9.97 Å². The van der Waals surface area contributed by atoms with Gasteiger partial charge in [0.25, 0.3) is 0 Å². The summed E-state index contributed by atoms with van der Waals surface area (Å²) >= 11 is 1.38. The highest BCUT2D eigenvalue weighted by Gasteiger charge is 2.08. The number of aromatic nitrogens is 2. The first kappa shape index (κ1) is 14.8. The molecule has 0 spiro atoms. The Morgan fingerprint density at radius 3 is 2.94 bits per heavy atom. The molecule has 5 nitrogen and oxygen atoms in total. The van der Waals surface area contributed by atoms with Crippen LogP contribution in [0.4, 0.5) is 5.95 Å². The van der Waals surface area contributed by atoms with Gasteiger partial charge >= 0.3 is 5.97 Å². The molecule has 0 saturated carbocycles. The highest BCUT2D eigenvalue weighted by molar-refractivity contribution is 7.99. The van der Waals surface area contributed by atoms with Gasteiger partial charge in [0.15, 0.2) is 0 Å². The number of thioether (sulfide) groups is 1. The third kappa shape index (κ3) is 4.91. The zero-order chi connectivity index (χ0) is 13.4. The van der Waals surface area contributed by atoms with Crippen LogP contribution >= 0.6 is 11.8 Å². The van der Waals surface area contributed by atoms with Crippen LogP contribution in [0.25, 0.3) is 0 Å². The van der Waals surface area contributed by atoms with E-state index in [1.807, 2.05) is 6.92 Å². The number of nitrogens with zero attached hydrogens (tertiary/aromatic N) is 2. The maximum atomic E-state index is 11.3. The van der Waals surface area contributed by atoms with Crippen molar-refractivity contribution in [3.05, 3.63) is 11.8 Å². The summed E-state index contributed by atoms with van der Waals surface area (Å²) in [7, 11) is 0. The van der Waals surface area contributed by atoms with Gasteiger partial charge in [-0.2, -0.15) is 0 Å². The molecule has 1 rings (SSSR count). The van der Waals surface area contributed by atoms with Gasteiger partial charge in [0, 0.05) is 12.7 Å². The molecule has 0 aliphatic rings. The van der Waals surface area contributed by atoms with Gasteiger partial charge in [0.05, 0.1) is 12.4 Å². The molecule has 0 bridgehead atoms. The van der Waals surface area contributed by atoms with Gasteiger partial charge in [-0.25, -0.2) is 9.97 Å². The molecule has 1 N–H and O–H groups in total. The van der Waals surface area contributed by atoms with Crippen LogP contribution in [0.1, 0.15) is 25.8 Å². The van der Waals surface area contributed by atoms with Gasteiger partial charge in [0.1, 0.15) is 5.03 Å². The van der Waals surface area contributed by atoms with Crippen LogP contribution in [0.2, 0.25) is 0 Å². The molecule has 1 aromatic heterocycles. The van der Waals surface area contributed by atoms with Crippen molar-refractivity contribution >= 4 is 23.7 Å². The second-order valence-electron chi connectivity index (χ2n) is 3.70. The van der Waals surface area contributed by atoms with Gasteiger partial charge in [-0.05, 0) is 25.8 Å². The molecule has 0 radical (unpaired) electrons. The first-order valence-electron chi connectivity index (χ1n) is 6.03. The van der Waals surface area contributed by atoms with Crippen molar-refractivity contribution in [1.29, 1.82) is 0 Å². The first-order valence-corrected chi connectivity index (χ1v) is 7.01. The Bertz CT molecular complexity index is 399. The molecular weight excluding hydrogens is 250 g/mol. The predicted molar refractivity (Wildman–Crippen MR) is 72.9 cm³/mol. The van der Waals surface area contributed by atoms with E-state index in [2.05, 4.69) is 22.2 Å². The quantitative estimate of drug-likeness (QED) is 0.465. The molecule has 0 aliphatic carbocycles. The molecule has 0 saturated heterocycles. The number of esters is 1. The Balaban J connectivity index is 2.60. The number of aryl methyl sites for hydroxylation is 1. The zero-order valence-electron chi connectivity index (χ0n) is 11.0. The number of carbonyl (C=O) groups is 1. The molecule has 6 heteroatoms. The number of rotatable bonds is 7. The van der Waals surface area contributed by atoms with Crippen molar-refractivity contribution in [3.63, 3.8) is 0 Å². The lowest BCUT2D eigenvalue weighted by molar-refractivity contribution is -0.139. The van der Waals surface area contributed by atoms with E-state index in [4.69, 9.17) is 4.74 Å². The lowest BCUT2D eigenvalue weighted by atomic mass is 10.4. The second kappa shape index (κ2) is 7.92. The summed E-state index contributed by atoms with van der Waals surface area (Å²) in [5.41, 5.74) is 0.964. The molecular formula is C12H19N3O2S. The molecule has 0 amide bonds. The summed E-state index contributed by atoms with van der Waals surface area (Å²) < 4.78 is 4.88. The van der Waals surface area contributed by atoms with E-state index < -0.39 is 0 Å². The Labute approximate surface area is 112 Å². The lowest BCUT2D eigenvalue weighted by Gasteiger charge is -2.07. The fourth-order valence-electron chi connectivity index (χ4n) is 1.22. The summed E-state index contributed by atoms with van der Waals surface area (Å²) in [5.74, 6) is 0.663. The molecule has 0 fully saturated rings. The molecule has 1 heterocycles. The van der Waals surface area contributed by atoms with Gasteiger partial charge in [0.2, 0.25) is 5.95 Å². The number of ether oxygens (including phenoxy) is 1. The minimum atomic E-state index is -0.219. The summed E-state index contributed by atoms with van der Waals surface area (Å²) in [6, 6.07) is 0. The maximum absolute atomic E-state index is 11.3. The maximum Gasteiger partial charge on any atom is 0.316 e. The van der Waals surface area contributed by atoms with Crippen LogP contribution in [-0.2, 0) is 9.53 Å². The predicted octanol–water partition coefficient (Wildman–Crippen LogP) is 2.26. The third-order valence-electron chi connectivity index (χ3n) is 2.09. The Morgan fingerprint density at radius 2 is 2.28 bits per heavy atom. The van der Waals surface area contributed by atoms with E-state index >= 15 is 0 Å². The minimum absolute atomic E-state index is 0.219. The smallest absolute Gasteiger partial charge is 0.316 e. The van der Waals surface area contributed by atoms with E-state index in [9.17, 15) is 4.79 Å². The normalized spacial score (nSPS) is 10.2. The molecule has 18 heavy (non-hydrogen) atoms. The summed E-state index contributed by atoms with van der Waals surface area (Å²) in [6.07, 6.45) is 2.78. The zero-order valence-corrected chi connectivity index (χ0v) is 11.8. The molecule has 0 aromatic carbocycles. The fourth-order valence-corrected chi connectivity index (χ4v) is 1.99. The first-order chi connectivity index (χ1) is 8.67. The Kier molecular flexibility index (Phi) is 6.49. The van der Waals surface area contributed by atoms with E-state index in [1.165, 1.54) is 11.8 Å². The lowest BCUT2D eigenvalue weighted by Crippen LogP contribution is -2.08. The van der Waals surface area contributed by atoms with Crippen molar-refractivity contribution in [2.24, 2.45) is 0 Å². The van der Waals surface area contributed by atoms with Crippen molar-refractivity contribution < 1.29 is 9.53 Å². The highest BCUT2D eigenvalue weighted by Crippen LogP contribution is 2.20. The van der Waals surface area contributed by atoms with Crippen LogP contribution in [-0.4, -0.2) is 34.8 Å². The number of hydrogen-bond donors (Lipinski definition) is 1. The van der Waals surface area contributed by atoms with Crippen LogP contribution in [0.3, 0.4) is 0 Å². The van der Waals surface area contributed by atoms with Crippen molar-refractivity contribution in [2.75, 3.05) is 24.2 Å². The molecule has 1 aromatic rings. The average Bonchev–Trinajstić information content (AvgIpc) is 2.36. The van der Waals surface area contributed by atoms with E-state index in [1.54, 1.807) is 13.1 Å². The summed E-state index contributed by atoms with van der Waals surface area (Å²) in [6.45, 7) is 7.05. The number of nitrogens with one attached hydrogen (secondary N) is 1. The third-order valence-corrected chi connectivity index (χ3v) is 3.16. The molecule has 0 atom stereocenters. The SMILES string of the molecule is CCCNc1ncc(C)c(SCC(=O)OCC)n1. The molecule has 100 valence electrons. The van der Waals surface area contributed by atoms with Gasteiger partial charge in [-0.15, -0.1) is 0 Å². The molecule has 0 unspecified atom stereocenters. The van der Waals surface area contributed by atoms with Crippen LogP contribution in [0, 0.1) is 6.92 Å². The van der Waals surface area contributed by atoms with E-state index in [0.29, 0.717) is 12.6 Å². The van der Waals surface area contributed by atoms with Crippen LogP contribution in [0.15, 0.2) is 11.2 Å². The van der Waals surface area contributed by atoms with Crippen molar-refractivity contribution in [3.8, 4) is 0 Å². The largest absolute Gasteiger partial charge is 0.465 e. The highest BCUT2D eigenvalue weighted by atomic mass is 32.2. The second-order valence-corrected chi connectivity index (χ2v) is 4.67. The van der Waals surface area contributed by atoms with E-state index in [-0.39, 0.29) is 11.7 Å². The van der Waals surface area contributed by atoms with Gasteiger partial charge in [-0.1, -0.05) is 18.7 Å². The Hall–Kier alpha value is -1.30. The van der Waals surface area contributed by atoms with Gasteiger partial charge < -0.3 is 10.1 Å². The number of carbonyl (C=O) groups excluding carboxylic acids is 1. The average molecular weight is 269 g/mol. The number of anilines is 1. The van der Waals surface area contributed by atoms with E-state index in [0.717, 1.165) is 23.6 Å². The summed E-state index contributed by atoms with van der Waals surface area (Å²) in [4.78, 5) is 19.8. The van der Waals surface area contributed by atoms with Crippen LogP contribution in [0.5, 0.6) is 0 Å². The monoisotopic (exact) mass is 269 g/mol. The molecule has 0 aliphatic heterocycles. The fraction of sp³-hybridized carbons (Fsp3) is 0.583. The van der Waals surface area contributed by atoms with Crippen LogP contribution < -0.4 is 5.32 Å². The standard InChI is InChI=1S/C12H19N3O2S/c1-4-6-13-12-14-7-9(3)11(15-12)18-8-10(16)17-5-2/h7H,4-6,8H2,1-3H3,(H,13,14,15). The summed E-state index contributed by atoms with van der Waals surface area (Å²) in [5, 5.41) is 3.94.